The van der Waals surface area contributed by atoms with Gasteiger partial charge in [-0.05, 0) is 17.5 Å². The zero-order valence-corrected chi connectivity index (χ0v) is 9.68. The van der Waals surface area contributed by atoms with Gasteiger partial charge >= 0.3 is 5.97 Å². The molecule has 0 heterocycles. The van der Waals surface area contributed by atoms with Crippen LogP contribution < -0.4 is 0 Å². The third kappa shape index (κ3) is 2.44. The Labute approximate surface area is 100 Å². The average molecular weight is 230 g/mol. The zero-order valence-electron chi connectivity index (χ0n) is 9.68. The molecule has 3 heteroatoms. The van der Waals surface area contributed by atoms with E-state index in [-0.39, 0.29) is 5.78 Å². The predicted octanol–water partition coefficient (Wildman–Crippen LogP) is 2.00. The predicted molar refractivity (Wildman–Crippen MR) is 64.3 cm³/mol. The van der Waals surface area contributed by atoms with Crippen LogP contribution >= 0.6 is 0 Å². The summed E-state index contributed by atoms with van der Waals surface area (Å²) in [6.45, 7) is 0. The Hall–Kier alpha value is -1.90. The lowest BCUT2D eigenvalue weighted by Gasteiger charge is -2.15. The number of methoxy groups -OCH3 is 1. The van der Waals surface area contributed by atoms with Gasteiger partial charge < -0.3 is 4.74 Å². The average Bonchev–Trinajstić information content (AvgIpc) is 2.33. The van der Waals surface area contributed by atoms with Gasteiger partial charge in [-0.2, -0.15) is 0 Å². The Morgan fingerprint density at radius 3 is 2.88 bits per heavy atom. The van der Waals surface area contributed by atoms with E-state index >= 15 is 0 Å². The molecule has 0 fully saturated rings. The number of ether oxygens (including phenoxy) is 1. The number of carbonyl (C=O) groups is 2. The van der Waals surface area contributed by atoms with E-state index in [1.54, 1.807) is 0 Å². The van der Waals surface area contributed by atoms with E-state index in [2.05, 4.69) is 4.74 Å². The van der Waals surface area contributed by atoms with Crippen LogP contribution in [-0.2, 0) is 20.7 Å². The highest BCUT2D eigenvalue weighted by Crippen LogP contribution is 2.20. The van der Waals surface area contributed by atoms with Crippen molar-refractivity contribution < 1.29 is 14.3 Å². The minimum Gasteiger partial charge on any atom is -0.468 e. The fourth-order valence-corrected chi connectivity index (χ4v) is 2.00. The smallest absolute Gasteiger partial charge is 0.316 e. The third-order valence-electron chi connectivity index (χ3n) is 2.96. The molecule has 1 unspecified atom stereocenters. The third-order valence-corrected chi connectivity index (χ3v) is 2.96. The minimum absolute atomic E-state index is 0.0753. The van der Waals surface area contributed by atoms with Gasteiger partial charge in [0.2, 0.25) is 0 Å². The van der Waals surface area contributed by atoms with Gasteiger partial charge in [-0.15, -0.1) is 0 Å². The van der Waals surface area contributed by atoms with Crippen molar-refractivity contribution in [3.8, 4) is 0 Å². The molecule has 0 radical (unpaired) electrons. The molecular formula is C14H14O3. The van der Waals surface area contributed by atoms with Crippen molar-refractivity contribution in [2.45, 2.75) is 12.8 Å². The van der Waals surface area contributed by atoms with Gasteiger partial charge in [-0.25, -0.2) is 0 Å². The van der Waals surface area contributed by atoms with Gasteiger partial charge in [0.1, 0.15) is 5.92 Å². The van der Waals surface area contributed by atoms with Crippen LogP contribution in [0.4, 0.5) is 0 Å². The van der Waals surface area contributed by atoms with Gasteiger partial charge in [0, 0.05) is 6.42 Å². The Morgan fingerprint density at radius 1 is 1.35 bits per heavy atom. The number of hydrogen-bond acceptors (Lipinski definition) is 3. The summed E-state index contributed by atoms with van der Waals surface area (Å²) in [7, 11) is 1.31. The summed E-state index contributed by atoms with van der Waals surface area (Å²) in [5.41, 5.74) is 2.01. The Morgan fingerprint density at radius 2 is 2.12 bits per heavy atom. The normalized spacial score (nSPS) is 21.0. The molecule has 3 nitrogen and oxygen atoms in total. The van der Waals surface area contributed by atoms with Crippen LogP contribution in [0, 0.1) is 5.92 Å². The molecule has 88 valence electrons. The van der Waals surface area contributed by atoms with Crippen molar-refractivity contribution in [3.63, 3.8) is 0 Å². The van der Waals surface area contributed by atoms with Crippen molar-refractivity contribution in [2.75, 3.05) is 7.11 Å². The lowest BCUT2D eigenvalue weighted by atomic mass is 9.90. The largest absolute Gasteiger partial charge is 0.468 e. The van der Waals surface area contributed by atoms with Crippen LogP contribution in [0.2, 0.25) is 0 Å². The molecule has 2 rings (SSSR count). The van der Waals surface area contributed by atoms with Crippen LogP contribution in [0.15, 0.2) is 30.3 Å². The minimum atomic E-state index is -0.662. The molecular weight excluding hydrogens is 216 g/mol. The number of Topliss-reactive ketones (excluding diaryl/α,β-unsaturated/α-hetero) is 1. The van der Waals surface area contributed by atoms with Crippen LogP contribution in [0.5, 0.6) is 0 Å². The van der Waals surface area contributed by atoms with Gasteiger partial charge in [0.15, 0.2) is 5.78 Å². The maximum atomic E-state index is 12.0. The first kappa shape index (κ1) is 11.6. The number of rotatable bonds is 1. The molecule has 0 saturated carbocycles. The van der Waals surface area contributed by atoms with E-state index in [1.807, 2.05) is 36.4 Å². The summed E-state index contributed by atoms with van der Waals surface area (Å²) in [4.78, 5) is 23.5. The fraction of sp³-hybridized carbons (Fsp3) is 0.286. The second-order valence-electron chi connectivity index (χ2n) is 4.06. The summed E-state index contributed by atoms with van der Waals surface area (Å²) >= 11 is 0. The maximum absolute atomic E-state index is 12.0. The molecule has 0 amide bonds. The molecule has 1 aromatic rings. The number of hydrogen-bond donors (Lipinski definition) is 0. The molecule has 0 N–H and O–H groups in total. The van der Waals surface area contributed by atoms with E-state index in [9.17, 15) is 9.59 Å². The summed E-state index contributed by atoms with van der Waals surface area (Å²) in [6, 6.07) is 7.72. The summed E-state index contributed by atoms with van der Waals surface area (Å²) in [5, 5.41) is 0. The molecule has 1 atom stereocenters. The Balaban J connectivity index is 2.30. The molecule has 1 aromatic carbocycles. The molecule has 1 aliphatic carbocycles. The molecule has 0 aliphatic heterocycles. The number of ketones is 1. The number of allylic oxidation sites excluding steroid dienone is 1. The first-order valence-corrected chi connectivity index (χ1v) is 5.57. The highest BCUT2D eigenvalue weighted by Gasteiger charge is 2.27. The van der Waals surface area contributed by atoms with E-state index in [4.69, 9.17) is 0 Å². The van der Waals surface area contributed by atoms with Crippen molar-refractivity contribution >= 4 is 17.8 Å². The van der Waals surface area contributed by atoms with E-state index in [1.165, 1.54) is 7.11 Å². The Bertz CT molecular complexity index is 474. The van der Waals surface area contributed by atoms with E-state index in [0.717, 1.165) is 11.1 Å². The Kier molecular flexibility index (Phi) is 3.38. The standard InChI is InChI=1S/C14H14O3/c1-17-14(16)12-8-4-7-10-5-2-3-6-11(10)9-13(12)15/h2-7,12H,8-9H2,1H3/b7-4-. The molecule has 17 heavy (non-hydrogen) atoms. The second kappa shape index (κ2) is 4.95. The topological polar surface area (TPSA) is 43.4 Å². The highest BCUT2D eigenvalue weighted by molar-refractivity contribution is 6.00. The van der Waals surface area contributed by atoms with Gasteiger partial charge in [0.25, 0.3) is 0 Å². The number of carbonyl (C=O) groups excluding carboxylic acids is 2. The van der Waals surface area contributed by atoms with Crippen molar-refractivity contribution in [1.82, 2.24) is 0 Å². The van der Waals surface area contributed by atoms with Crippen LogP contribution in [0.1, 0.15) is 17.5 Å². The van der Waals surface area contributed by atoms with Crippen LogP contribution in [0.25, 0.3) is 6.08 Å². The van der Waals surface area contributed by atoms with Gasteiger partial charge in [-0.3, -0.25) is 9.59 Å². The first-order chi connectivity index (χ1) is 8.22. The van der Waals surface area contributed by atoms with Crippen LogP contribution in [0.3, 0.4) is 0 Å². The van der Waals surface area contributed by atoms with E-state index in [0.29, 0.717) is 12.8 Å². The van der Waals surface area contributed by atoms with Gasteiger partial charge in [-0.1, -0.05) is 36.4 Å². The lowest BCUT2D eigenvalue weighted by Crippen LogP contribution is -2.27. The highest BCUT2D eigenvalue weighted by atomic mass is 16.5. The zero-order chi connectivity index (χ0) is 12.3. The molecule has 0 bridgehead atoms. The number of esters is 1. The molecule has 0 aromatic heterocycles. The first-order valence-electron chi connectivity index (χ1n) is 5.57. The summed E-state index contributed by atoms with van der Waals surface area (Å²) < 4.78 is 4.65. The van der Waals surface area contributed by atoms with Gasteiger partial charge in [0.05, 0.1) is 7.11 Å². The fourth-order valence-electron chi connectivity index (χ4n) is 2.00. The van der Waals surface area contributed by atoms with Crippen LogP contribution in [-0.4, -0.2) is 18.9 Å². The van der Waals surface area contributed by atoms with E-state index < -0.39 is 11.9 Å². The quantitative estimate of drug-likeness (QED) is 0.547. The summed E-state index contributed by atoms with van der Waals surface area (Å²) in [6.07, 6.45) is 4.52. The lowest BCUT2D eigenvalue weighted by molar-refractivity contribution is -0.149. The van der Waals surface area contributed by atoms with Crippen molar-refractivity contribution in [2.24, 2.45) is 5.92 Å². The summed E-state index contributed by atoms with van der Waals surface area (Å²) in [5.74, 6) is -1.18. The molecule has 0 saturated heterocycles. The SMILES string of the molecule is COC(=O)C1C/C=C\c2ccccc2CC1=O. The maximum Gasteiger partial charge on any atom is 0.316 e. The van der Waals surface area contributed by atoms with Crippen molar-refractivity contribution in [3.05, 3.63) is 41.5 Å². The second-order valence-corrected chi connectivity index (χ2v) is 4.06. The number of fused-ring (bicyclic) bond motifs is 1. The van der Waals surface area contributed by atoms with Crippen molar-refractivity contribution in [1.29, 1.82) is 0 Å². The number of benzene rings is 1. The molecule has 1 aliphatic rings. The monoisotopic (exact) mass is 230 g/mol. The molecule has 0 spiro atoms.